The monoisotopic (exact) mass is 402 g/mol. The molecule has 0 aromatic heterocycles. The van der Waals surface area contributed by atoms with E-state index in [0.29, 0.717) is 16.9 Å². The molecule has 0 saturated heterocycles. The van der Waals surface area contributed by atoms with Crippen LogP contribution < -0.4 is 4.74 Å². The standard InChI is InChI=1S/C17H11BrN2O5/c1-24-15-7-4-12(18)8-11(15)9-14-17(21)25-16(19-14)10-2-5-13(6-3-10)20(22)23/h2-9H,1H3. The van der Waals surface area contributed by atoms with Crippen molar-refractivity contribution in [2.45, 2.75) is 0 Å². The number of nitrogens with zero attached hydrogens (tertiary/aromatic N) is 2. The molecule has 7 nitrogen and oxygen atoms in total. The normalized spacial score (nSPS) is 15.0. The van der Waals surface area contributed by atoms with Crippen LogP contribution in [0.5, 0.6) is 5.75 Å². The van der Waals surface area contributed by atoms with Gasteiger partial charge in [-0.05, 0) is 36.4 Å². The maximum absolute atomic E-state index is 12.1. The molecular formula is C17H11BrN2O5. The van der Waals surface area contributed by atoms with Gasteiger partial charge in [0.25, 0.3) is 5.69 Å². The van der Waals surface area contributed by atoms with Crippen LogP contribution in [0.1, 0.15) is 11.1 Å². The van der Waals surface area contributed by atoms with Crippen LogP contribution in [0, 0.1) is 10.1 Å². The second-order valence-corrected chi connectivity index (χ2v) is 5.94. The molecule has 0 radical (unpaired) electrons. The molecule has 25 heavy (non-hydrogen) atoms. The Balaban J connectivity index is 1.95. The minimum absolute atomic E-state index is 0.0525. The lowest BCUT2D eigenvalue weighted by molar-refractivity contribution is -0.384. The molecule has 8 heteroatoms. The highest BCUT2D eigenvalue weighted by Crippen LogP contribution is 2.27. The van der Waals surface area contributed by atoms with Gasteiger partial charge in [0.1, 0.15) is 5.75 Å². The number of benzene rings is 2. The lowest BCUT2D eigenvalue weighted by Gasteiger charge is -2.04. The Morgan fingerprint density at radius 2 is 1.96 bits per heavy atom. The molecule has 1 aliphatic rings. The minimum atomic E-state index is -0.601. The summed E-state index contributed by atoms with van der Waals surface area (Å²) >= 11 is 3.37. The number of aliphatic imine (C=N–C) groups is 1. The molecule has 0 spiro atoms. The number of hydrogen-bond acceptors (Lipinski definition) is 6. The SMILES string of the molecule is COc1ccc(Br)cc1C=C1N=C(c2ccc([N+](=O)[O-])cc2)OC1=O. The van der Waals surface area contributed by atoms with Crippen LogP contribution in [0.2, 0.25) is 0 Å². The number of carbonyl (C=O) groups excluding carboxylic acids is 1. The second kappa shape index (κ2) is 6.86. The first kappa shape index (κ1) is 16.8. The molecule has 0 fully saturated rings. The summed E-state index contributed by atoms with van der Waals surface area (Å²) in [4.78, 5) is 26.4. The largest absolute Gasteiger partial charge is 0.496 e. The minimum Gasteiger partial charge on any atom is -0.496 e. The fourth-order valence-electron chi connectivity index (χ4n) is 2.22. The number of hydrogen-bond donors (Lipinski definition) is 0. The van der Waals surface area contributed by atoms with Gasteiger partial charge in [0.05, 0.1) is 12.0 Å². The van der Waals surface area contributed by atoms with Crippen LogP contribution in [0.4, 0.5) is 5.69 Å². The molecule has 3 rings (SSSR count). The Kier molecular flexibility index (Phi) is 4.62. The van der Waals surface area contributed by atoms with Crippen molar-refractivity contribution in [2.24, 2.45) is 4.99 Å². The van der Waals surface area contributed by atoms with Crippen LogP contribution >= 0.6 is 15.9 Å². The summed E-state index contributed by atoms with van der Waals surface area (Å²) in [6, 6.07) is 11.0. The predicted molar refractivity (Wildman–Crippen MR) is 94.4 cm³/mol. The van der Waals surface area contributed by atoms with Crippen LogP contribution in [0.3, 0.4) is 0 Å². The molecule has 0 amide bonds. The quantitative estimate of drug-likeness (QED) is 0.336. The fourth-order valence-corrected chi connectivity index (χ4v) is 2.60. The van der Waals surface area contributed by atoms with E-state index in [-0.39, 0.29) is 17.3 Å². The average Bonchev–Trinajstić information content (AvgIpc) is 2.96. The van der Waals surface area contributed by atoms with Crippen molar-refractivity contribution >= 4 is 39.6 Å². The van der Waals surface area contributed by atoms with Crippen molar-refractivity contribution in [3.05, 3.63) is 73.9 Å². The van der Waals surface area contributed by atoms with Gasteiger partial charge in [-0.2, -0.15) is 0 Å². The van der Waals surface area contributed by atoms with Crippen molar-refractivity contribution in [3.63, 3.8) is 0 Å². The third-order valence-electron chi connectivity index (χ3n) is 3.43. The van der Waals surface area contributed by atoms with Gasteiger partial charge >= 0.3 is 5.97 Å². The van der Waals surface area contributed by atoms with Gasteiger partial charge in [0.2, 0.25) is 5.90 Å². The zero-order chi connectivity index (χ0) is 18.0. The van der Waals surface area contributed by atoms with E-state index >= 15 is 0 Å². The molecular weight excluding hydrogens is 392 g/mol. The predicted octanol–water partition coefficient (Wildman–Crippen LogP) is 3.71. The summed E-state index contributed by atoms with van der Waals surface area (Å²) in [5, 5.41) is 10.7. The van der Waals surface area contributed by atoms with Gasteiger partial charge in [0.15, 0.2) is 5.70 Å². The maximum atomic E-state index is 12.1. The third-order valence-corrected chi connectivity index (χ3v) is 3.92. The summed E-state index contributed by atoms with van der Waals surface area (Å²) in [5.41, 5.74) is 1.20. The van der Waals surface area contributed by atoms with Crippen LogP contribution in [-0.2, 0) is 9.53 Å². The van der Waals surface area contributed by atoms with E-state index in [4.69, 9.17) is 9.47 Å². The Bertz CT molecular complexity index is 919. The van der Waals surface area contributed by atoms with E-state index < -0.39 is 10.9 Å². The van der Waals surface area contributed by atoms with E-state index in [1.54, 1.807) is 18.2 Å². The number of ether oxygens (including phenoxy) is 2. The number of halogens is 1. The zero-order valence-electron chi connectivity index (χ0n) is 12.9. The number of carbonyl (C=O) groups is 1. The van der Waals surface area contributed by atoms with Gasteiger partial charge in [-0.25, -0.2) is 9.79 Å². The van der Waals surface area contributed by atoms with E-state index in [9.17, 15) is 14.9 Å². The molecule has 0 N–H and O–H groups in total. The summed E-state index contributed by atoms with van der Waals surface area (Å²) in [5.74, 6) is 0.0815. The Labute approximate surface area is 150 Å². The first-order chi connectivity index (χ1) is 12.0. The molecule has 0 aliphatic carbocycles. The number of rotatable bonds is 4. The number of methoxy groups -OCH3 is 1. The zero-order valence-corrected chi connectivity index (χ0v) is 14.5. The number of esters is 1. The maximum Gasteiger partial charge on any atom is 0.363 e. The first-order valence-corrected chi connectivity index (χ1v) is 7.88. The highest BCUT2D eigenvalue weighted by atomic mass is 79.9. The van der Waals surface area contributed by atoms with E-state index in [0.717, 1.165) is 4.47 Å². The van der Waals surface area contributed by atoms with Crippen molar-refractivity contribution in [3.8, 4) is 5.75 Å². The van der Waals surface area contributed by atoms with Gasteiger partial charge < -0.3 is 9.47 Å². The van der Waals surface area contributed by atoms with Crippen LogP contribution in [0.25, 0.3) is 6.08 Å². The number of nitro groups is 1. The lowest BCUT2D eigenvalue weighted by atomic mass is 10.1. The van der Waals surface area contributed by atoms with Crippen molar-refractivity contribution in [1.29, 1.82) is 0 Å². The first-order valence-electron chi connectivity index (χ1n) is 7.09. The van der Waals surface area contributed by atoms with E-state index in [1.807, 2.05) is 6.07 Å². The topological polar surface area (TPSA) is 91.0 Å². The molecule has 2 aromatic rings. The summed E-state index contributed by atoms with van der Waals surface area (Å²) < 4.78 is 11.2. The molecule has 1 heterocycles. The molecule has 0 bridgehead atoms. The lowest BCUT2D eigenvalue weighted by Crippen LogP contribution is -2.05. The molecule has 1 aliphatic heterocycles. The molecule has 0 atom stereocenters. The number of nitro benzene ring substituents is 1. The van der Waals surface area contributed by atoms with Crippen LogP contribution in [-0.4, -0.2) is 23.9 Å². The molecule has 2 aromatic carbocycles. The van der Waals surface area contributed by atoms with Gasteiger partial charge in [0, 0.05) is 27.7 Å². The summed E-state index contributed by atoms with van der Waals surface area (Å²) in [6.07, 6.45) is 1.56. The van der Waals surface area contributed by atoms with Crippen molar-refractivity contribution in [1.82, 2.24) is 0 Å². The Hall–Kier alpha value is -3.00. The van der Waals surface area contributed by atoms with Gasteiger partial charge in [-0.1, -0.05) is 15.9 Å². The highest BCUT2D eigenvalue weighted by molar-refractivity contribution is 9.10. The van der Waals surface area contributed by atoms with E-state index in [1.165, 1.54) is 31.4 Å². The van der Waals surface area contributed by atoms with E-state index in [2.05, 4.69) is 20.9 Å². The van der Waals surface area contributed by atoms with Crippen LogP contribution in [0.15, 0.2) is 57.6 Å². The van der Waals surface area contributed by atoms with Crippen molar-refractivity contribution < 1.29 is 19.2 Å². The molecule has 0 saturated carbocycles. The third kappa shape index (κ3) is 3.58. The Morgan fingerprint density at radius 3 is 2.60 bits per heavy atom. The number of non-ortho nitro benzene ring substituents is 1. The summed E-state index contributed by atoms with van der Waals surface area (Å²) in [6.45, 7) is 0. The van der Waals surface area contributed by atoms with Gasteiger partial charge in [-0.3, -0.25) is 10.1 Å². The average molecular weight is 403 g/mol. The fraction of sp³-hybridized carbons (Fsp3) is 0.0588. The second-order valence-electron chi connectivity index (χ2n) is 5.03. The smallest absolute Gasteiger partial charge is 0.363 e. The molecule has 126 valence electrons. The summed E-state index contributed by atoms with van der Waals surface area (Å²) in [7, 11) is 1.53. The van der Waals surface area contributed by atoms with Crippen molar-refractivity contribution in [2.75, 3.05) is 7.11 Å². The highest BCUT2D eigenvalue weighted by Gasteiger charge is 2.25. The molecule has 0 unspecified atom stereocenters. The Morgan fingerprint density at radius 1 is 1.24 bits per heavy atom. The number of cyclic esters (lactones) is 1. The van der Waals surface area contributed by atoms with Gasteiger partial charge in [-0.15, -0.1) is 0 Å².